The summed E-state index contributed by atoms with van der Waals surface area (Å²) >= 11 is 0. The van der Waals surface area contributed by atoms with Crippen LogP contribution in [0.25, 0.3) is 0 Å². The first kappa shape index (κ1) is 26.5. The molecule has 0 aliphatic rings. The lowest BCUT2D eigenvalue weighted by molar-refractivity contribution is -0.126. The maximum absolute atomic E-state index is 14.2. The molecule has 0 heterocycles. The Morgan fingerprint density at radius 3 is 2.03 bits per heavy atom. The summed E-state index contributed by atoms with van der Waals surface area (Å²) in [6, 6.07) is 10.7. The van der Waals surface area contributed by atoms with E-state index in [4.69, 9.17) is 7.85 Å². The van der Waals surface area contributed by atoms with Crippen molar-refractivity contribution in [3.8, 4) is 0 Å². The molecular formula is C24H16BF5N2O4. The molecule has 0 bridgehead atoms. The molecule has 184 valence electrons. The number of nitrogens with one attached hydrogen (secondary N) is 1. The van der Waals surface area contributed by atoms with Crippen LogP contribution in [0.5, 0.6) is 0 Å². The summed E-state index contributed by atoms with van der Waals surface area (Å²) in [5, 5.41) is 12.1. The first-order valence-electron chi connectivity index (χ1n) is 10.3. The highest BCUT2D eigenvalue weighted by molar-refractivity contribution is 6.33. The van der Waals surface area contributed by atoms with Crippen LogP contribution in [0, 0.1) is 29.1 Å². The molecule has 6 nitrogen and oxygen atoms in total. The van der Waals surface area contributed by atoms with Crippen LogP contribution >= 0.6 is 0 Å². The smallest absolute Gasteiger partial charge is 0.265 e. The molecule has 0 aliphatic heterocycles. The van der Waals surface area contributed by atoms with E-state index in [1.165, 1.54) is 37.3 Å². The zero-order valence-electron chi connectivity index (χ0n) is 18.5. The summed E-state index contributed by atoms with van der Waals surface area (Å²) in [5.74, 6) is -15.7. The van der Waals surface area contributed by atoms with Crippen LogP contribution in [-0.2, 0) is 4.79 Å². The monoisotopic (exact) mass is 502 g/mol. The van der Waals surface area contributed by atoms with Gasteiger partial charge in [-0.2, -0.15) is 0 Å². The fraction of sp³-hybridized carbons (Fsp3) is 0.125. The van der Waals surface area contributed by atoms with Crippen LogP contribution in [0.15, 0.2) is 48.5 Å². The zero-order chi connectivity index (χ0) is 26.7. The molecule has 3 aromatic rings. The average Bonchev–Trinajstić information content (AvgIpc) is 2.87. The van der Waals surface area contributed by atoms with Crippen LogP contribution in [-0.4, -0.2) is 36.8 Å². The average molecular weight is 502 g/mol. The Kier molecular flexibility index (Phi) is 7.88. The zero-order valence-corrected chi connectivity index (χ0v) is 18.5. The molecule has 0 saturated carbocycles. The number of benzene rings is 3. The van der Waals surface area contributed by atoms with Crippen LogP contribution < -0.4 is 15.7 Å². The largest absolute Gasteiger partial charge is 0.383 e. The van der Waals surface area contributed by atoms with Crippen molar-refractivity contribution < 1.29 is 41.4 Å². The predicted octanol–water partition coefficient (Wildman–Crippen LogP) is 3.37. The molecule has 3 aromatic carbocycles. The van der Waals surface area contributed by atoms with Gasteiger partial charge in [-0.15, -0.1) is 0 Å². The van der Waals surface area contributed by atoms with Gasteiger partial charge < -0.3 is 10.4 Å². The SMILES string of the molecule is [B]c1ccc(N(C(=O)c2ccccc2)C(=O)C(O)CC)c(NC(=O)c2c(F)c(F)c(F)c(F)c2F)c1. The van der Waals surface area contributed by atoms with E-state index in [-0.39, 0.29) is 23.1 Å². The second kappa shape index (κ2) is 10.7. The maximum atomic E-state index is 14.2. The van der Waals surface area contributed by atoms with Crippen molar-refractivity contribution in [2.24, 2.45) is 0 Å². The molecule has 12 heteroatoms. The molecular weight excluding hydrogens is 486 g/mol. The van der Waals surface area contributed by atoms with Crippen molar-refractivity contribution in [1.82, 2.24) is 0 Å². The first-order valence-corrected chi connectivity index (χ1v) is 10.3. The number of anilines is 2. The van der Waals surface area contributed by atoms with E-state index >= 15 is 0 Å². The van der Waals surface area contributed by atoms with E-state index in [0.717, 1.165) is 12.1 Å². The van der Waals surface area contributed by atoms with E-state index < -0.39 is 64.2 Å². The van der Waals surface area contributed by atoms with Gasteiger partial charge in [0.1, 0.15) is 19.5 Å². The highest BCUT2D eigenvalue weighted by Crippen LogP contribution is 2.30. The summed E-state index contributed by atoms with van der Waals surface area (Å²) in [6.45, 7) is 1.46. The van der Waals surface area contributed by atoms with Crippen molar-refractivity contribution in [3.63, 3.8) is 0 Å². The van der Waals surface area contributed by atoms with Crippen LogP contribution in [0.2, 0.25) is 0 Å². The van der Waals surface area contributed by atoms with Crippen LogP contribution in [0.1, 0.15) is 34.1 Å². The lowest BCUT2D eigenvalue weighted by Gasteiger charge is -2.26. The van der Waals surface area contributed by atoms with E-state index in [2.05, 4.69) is 0 Å². The molecule has 0 saturated heterocycles. The van der Waals surface area contributed by atoms with Crippen LogP contribution in [0.3, 0.4) is 0 Å². The normalized spacial score (nSPS) is 11.6. The minimum absolute atomic E-state index is 0.00280. The quantitative estimate of drug-likeness (QED) is 0.234. The number of carbonyl (C=O) groups is 3. The van der Waals surface area contributed by atoms with Gasteiger partial charge >= 0.3 is 0 Å². The Balaban J connectivity index is 2.15. The Morgan fingerprint density at radius 1 is 0.917 bits per heavy atom. The molecule has 36 heavy (non-hydrogen) atoms. The third kappa shape index (κ3) is 4.98. The fourth-order valence-electron chi connectivity index (χ4n) is 3.20. The number of imide groups is 1. The topological polar surface area (TPSA) is 86.7 Å². The van der Waals surface area contributed by atoms with Crippen molar-refractivity contribution >= 4 is 42.4 Å². The molecule has 2 radical (unpaired) electrons. The Hall–Kier alpha value is -4.06. The van der Waals surface area contributed by atoms with Gasteiger partial charge in [0.25, 0.3) is 17.7 Å². The number of aliphatic hydroxyl groups excluding tert-OH is 1. The predicted molar refractivity (Wildman–Crippen MR) is 121 cm³/mol. The summed E-state index contributed by atoms with van der Waals surface area (Å²) < 4.78 is 68.9. The molecule has 3 rings (SSSR count). The lowest BCUT2D eigenvalue weighted by Crippen LogP contribution is -2.44. The Labute approximate surface area is 202 Å². The van der Waals surface area contributed by atoms with Gasteiger partial charge in [-0.25, -0.2) is 26.9 Å². The number of hydrogen-bond acceptors (Lipinski definition) is 4. The highest BCUT2D eigenvalue weighted by Gasteiger charge is 2.33. The minimum Gasteiger partial charge on any atom is -0.383 e. The van der Waals surface area contributed by atoms with E-state index in [1.54, 1.807) is 6.07 Å². The number of carbonyl (C=O) groups excluding carboxylic acids is 3. The molecule has 3 amide bonds. The van der Waals surface area contributed by atoms with Crippen molar-refractivity contribution in [3.05, 3.63) is 88.7 Å². The number of amides is 3. The van der Waals surface area contributed by atoms with Crippen molar-refractivity contribution in [2.75, 3.05) is 10.2 Å². The summed E-state index contributed by atoms with van der Waals surface area (Å²) in [4.78, 5) is 39.3. The van der Waals surface area contributed by atoms with Gasteiger partial charge in [0.05, 0.1) is 11.4 Å². The fourth-order valence-corrected chi connectivity index (χ4v) is 3.20. The number of halogens is 5. The van der Waals surface area contributed by atoms with E-state index in [0.29, 0.717) is 4.90 Å². The van der Waals surface area contributed by atoms with Gasteiger partial charge in [0.15, 0.2) is 23.3 Å². The third-order valence-electron chi connectivity index (χ3n) is 5.06. The second-order valence-corrected chi connectivity index (χ2v) is 7.44. The third-order valence-corrected chi connectivity index (χ3v) is 5.06. The van der Waals surface area contributed by atoms with Gasteiger partial charge in [0.2, 0.25) is 5.82 Å². The minimum atomic E-state index is -2.45. The molecule has 1 atom stereocenters. The Bertz CT molecular complexity index is 1330. The molecule has 2 N–H and O–H groups in total. The summed E-state index contributed by atoms with van der Waals surface area (Å²) in [7, 11) is 5.71. The first-order chi connectivity index (χ1) is 17.0. The van der Waals surface area contributed by atoms with Crippen molar-refractivity contribution in [1.29, 1.82) is 0 Å². The Morgan fingerprint density at radius 2 is 1.47 bits per heavy atom. The number of hydrogen-bond donors (Lipinski definition) is 2. The van der Waals surface area contributed by atoms with Crippen molar-refractivity contribution in [2.45, 2.75) is 19.4 Å². The number of aliphatic hydroxyl groups is 1. The molecule has 0 aliphatic carbocycles. The molecule has 0 aromatic heterocycles. The van der Waals surface area contributed by atoms with Gasteiger partial charge in [-0.05, 0) is 30.7 Å². The lowest BCUT2D eigenvalue weighted by atomic mass is 9.94. The van der Waals surface area contributed by atoms with Gasteiger partial charge in [-0.3, -0.25) is 14.4 Å². The molecule has 0 spiro atoms. The van der Waals surface area contributed by atoms with E-state index in [1.807, 2.05) is 5.32 Å². The standard InChI is InChI=1S/C24H16BF5N2O4/c1-2-15(33)24(36)32(23(35)11-6-4-3-5-7-11)14-9-8-12(25)10-13(14)31-22(34)16-17(26)19(28)21(30)20(29)18(16)27/h3-10,15,33H,2H2,1H3,(H,31,34). The number of nitrogens with zero attached hydrogens (tertiary/aromatic N) is 1. The molecule has 1 unspecified atom stereocenters. The molecule has 0 fully saturated rings. The van der Waals surface area contributed by atoms with E-state index in [9.17, 15) is 41.4 Å². The second-order valence-electron chi connectivity index (χ2n) is 7.44. The number of rotatable bonds is 6. The van der Waals surface area contributed by atoms with Gasteiger partial charge in [0, 0.05) is 5.56 Å². The highest BCUT2D eigenvalue weighted by atomic mass is 19.2. The van der Waals surface area contributed by atoms with Crippen LogP contribution in [0.4, 0.5) is 33.3 Å². The summed E-state index contributed by atoms with van der Waals surface area (Å²) in [5.41, 5.74) is -2.71. The summed E-state index contributed by atoms with van der Waals surface area (Å²) in [6.07, 6.45) is -1.76. The van der Waals surface area contributed by atoms with Gasteiger partial charge in [-0.1, -0.05) is 36.7 Å². The maximum Gasteiger partial charge on any atom is 0.265 e.